The van der Waals surface area contributed by atoms with Crippen molar-refractivity contribution in [1.82, 2.24) is 19.7 Å². The van der Waals surface area contributed by atoms with Crippen molar-refractivity contribution in [3.8, 4) is 5.69 Å². The molecule has 0 aromatic carbocycles. The highest BCUT2D eigenvalue weighted by Crippen LogP contribution is 2.29. The predicted molar refractivity (Wildman–Crippen MR) is 97.2 cm³/mol. The van der Waals surface area contributed by atoms with Crippen LogP contribution in [0.25, 0.3) is 5.69 Å². The van der Waals surface area contributed by atoms with Crippen molar-refractivity contribution in [2.24, 2.45) is 0 Å². The van der Waals surface area contributed by atoms with Gasteiger partial charge in [-0.25, -0.2) is 9.67 Å². The number of nitrogens with zero attached hydrogens (tertiary/aromatic N) is 5. The van der Waals surface area contributed by atoms with Crippen LogP contribution in [-0.4, -0.2) is 50.9 Å². The van der Waals surface area contributed by atoms with Crippen LogP contribution in [0.2, 0.25) is 0 Å². The summed E-state index contributed by atoms with van der Waals surface area (Å²) in [6.07, 6.45) is 5.62. The first-order valence-corrected chi connectivity index (χ1v) is 8.83. The zero-order valence-corrected chi connectivity index (χ0v) is 15.8. The van der Waals surface area contributed by atoms with Crippen molar-refractivity contribution in [3.63, 3.8) is 0 Å². The number of aromatic nitrogens is 3. The van der Waals surface area contributed by atoms with E-state index < -0.39 is 0 Å². The summed E-state index contributed by atoms with van der Waals surface area (Å²) in [7, 11) is 0. The van der Waals surface area contributed by atoms with Crippen LogP contribution in [0, 0.1) is 0 Å². The Labute approximate surface area is 146 Å². The predicted octanol–water partition coefficient (Wildman–Crippen LogP) is 3.34. The molecule has 3 rings (SSSR count). The minimum atomic E-state index is 0.207. The molecule has 0 unspecified atom stereocenters. The molecule has 6 heteroatoms. The Balaban J connectivity index is 1.91. The lowest BCUT2D eigenvalue weighted by atomic mass is 10.0. The molecule has 1 fully saturated rings. The van der Waals surface area contributed by atoms with Gasteiger partial charge >= 0.3 is 0 Å². The summed E-state index contributed by atoms with van der Waals surface area (Å²) in [5, 5.41) is 4.38. The zero-order chi connectivity index (χ0) is 16.6. The van der Waals surface area contributed by atoms with Gasteiger partial charge in [0.05, 0.1) is 0 Å². The topological polar surface area (TPSA) is 37.2 Å². The minimum Gasteiger partial charge on any atom is -0.350 e. The molecule has 0 N–H and O–H groups in total. The number of rotatable bonds is 2. The zero-order valence-electron chi connectivity index (χ0n) is 14.2. The summed E-state index contributed by atoms with van der Waals surface area (Å²) in [5.41, 5.74) is 1.22. The van der Waals surface area contributed by atoms with Crippen molar-refractivity contribution in [2.75, 3.05) is 24.5 Å². The molecule has 0 aliphatic carbocycles. The second kappa shape index (κ2) is 6.24. The van der Waals surface area contributed by atoms with Gasteiger partial charge in [0.25, 0.3) is 0 Å². The van der Waals surface area contributed by atoms with Gasteiger partial charge in [0.15, 0.2) is 5.82 Å². The largest absolute Gasteiger partial charge is 0.350 e. The molecule has 1 saturated heterocycles. The molecule has 1 atom stereocenters. The van der Waals surface area contributed by atoms with Crippen LogP contribution in [0.3, 0.4) is 0 Å². The van der Waals surface area contributed by atoms with Gasteiger partial charge in [-0.3, -0.25) is 4.90 Å². The third-order valence-electron chi connectivity index (χ3n) is 4.41. The SMILES string of the molecule is C[C@@H]1CN(C(C)(C)C)CCN1c1ncc(Br)cc1-n1cccn1. The third kappa shape index (κ3) is 3.43. The van der Waals surface area contributed by atoms with Crippen LogP contribution in [0.15, 0.2) is 35.2 Å². The Kier molecular flexibility index (Phi) is 4.47. The quantitative estimate of drug-likeness (QED) is 0.803. The van der Waals surface area contributed by atoms with E-state index in [9.17, 15) is 0 Å². The highest BCUT2D eigenvalue weighted by molar-refractivity contribution is 9.10. The Bertz CT molecular complexity index is 662. The first-order valence-electron chi connectivity index (χ1n) is 8.03. The first-order chi connectivity index (χ1) is 10.9. The summed E-state index contributed by atoms with van der Waals surface area (Å²) in [5.74, 6) is 0.998. The highest BCUT2D eigenvalue weighted by atomic mass is 79.9. The normalized spacial score (nSPS) is 20.0. The summed E-state index contributed by atoms with van der Waals surface area (Å²) < 4.78 is 2.85. The van der Waals surface area contributed by atoms with Crippen LogP contribution < -0.4 is 4.90 Å². The summed E-state index contributed by atoms with van der Waals surface area (Å²) in [4.78, 5) is 9.63. The first kappa shape index (κ1) is 16.5. The van der Waals surface area contributed by atoms with Crippen LogP contribution in [0.1, 0.15) is 27.7 Å². The molecule has 0 spiro atoms. The number of hydrogen-bond donors (Lipinski definition) is 0. The Morgan fingerprint density at radius 3 is 2.65 bits per heavy atom. The molecule has 0 saturated carbocycles. The van der Waals surface area contributed by atoms with Gasteiger partial charge in [0.2, 0.25) is 0 Å². The van der Waals surface area contributed by atoms with E-state index in [1.807, 2.05) is 23.1 Å². The number of pyridine rings is 1. The van der Waals surface area contributed by atoms with Crippen LogP contribution in [0.5, 0.6) is 0 Å². The fourth-order valence-electron chi connectivity index (χ4n) is 3.10. The molecule has 124 valence electrons. The molecule has 5 nitrogen and oxygen atoms in total. The Hall–Kier alpha value is -1.40. The highest BCUT2D eigenvalue weighted by Gasteiger charge is 2.31. The number of piperazine rings is 1. The van der Waals surface area contributed by atoms with E-state index in [1.54, 1.807) is 6.20 Å². The molecule has 3 heterocycles. The van der Waals surface area contributed by atoms with Gasteiger partial charge in [-0.05, 0) is 55.8 Å². The average molecular weight is 378 g/mol. The molecule has 0 bridgehead atoms. The van der Waals surface area contributed by atoms with Gasteiger partial charge in [0.1, 0.15) is 5.69 Å². The van der Waals surface area contributed by atoms with E-state index in [-0.39, 0.29) is 5.54 Å². The van der Waals surface area contributed by atoms with Crippen molar-refractivity contribution in [2.45, 2.75) is 39.3 Å². The van der Waals surface area contributed by atoms with E-state index in [0.717, 1.165) is 35.6 Å². The molecule has 2 aromatic rings. The van der Waals surface area contributed by atoms with Crippen molar-refractivity contribution >= 4 is 21.7 Å². The molecule has 23 heavy (non-hydrogen) atoms. The van der Waals surface area contributed by atoms with E-state index in [4.69, 9.17) is 4.98 Å². The molecule has 1 aliphatic heterocycles. The maximum absolute atomic E-state index is 4.70. The van der Waals surface area contributed by atoms with Crippen molar-refractivity contribution in [3.05, 3.63) is 35.2 Å². The van der Waals surface area contributed by atoms with E-state index >= 15 is 0 Å². The lowest BCUT2D eigenvalue weighted by Gasteiger charge is -2.46. The Morgan fingerprint density at radius 1 is 1.26 bits per heavy atom. The lowest BCUT2D eigenvalue weighted by Crippen LogP contribution is -2.57. The van der Waals surface area contributed by atoms with Crippen LogP contribution in [0.4, 0.5) is 5.82 Å². The smallest absolute Gasteiger partial charge is 0.154 e. The fourth-order valence-corrected chi connectivity index (χ4v) is 3.42. The second-order valence-electron chi connectivity index (χ2n) is 7.11. The van der Waals surface area contributed by atoms with Crippen LogP contribution >= 0.6 is 15.9 Å². The van der Waals surface area contributed by atoms with E-state index in [1.165, 1.54) is 0 Å². The minimum absolute atomic E-state index is 0.207. The molecule has 0 amide bonds. The van der Waals surface area contributed by atoms with Gasteiger partial charge in [0, 0.05) is 54.3 Å². The number of anilines is 1. The fraction of sp³-hybridized carbons (Fsp3) is 0.529. The number of halogens is 1. The van der Waals surface area contributed by atoms with Crippen LogP contribution in [-0.2, 0) is 0 Å². The molecular formula is C17H24BrN5. The summed E-state index contributed by atoms with van der Waals surface area (Å²) in [6, 6.07) is 4.43. The van der Waals surface area contributed by atoms with Gasteiger partial charge in [-0.15, -0.1) is 0 Å². The van der Waals surface area contributed by atoms with Crippen molar-refractivity contribution < 1.29 is 0 Å². The van der Waals surface area contributed by atoms with Gasteiger partial charge in [-0.1, -0.05) is 0 Å². The number of hydrogen-bond acceptors (Lipinski definition) is 4. The average Bonchev–Trinajstić information content (AvgIpc) is 3.00. The lowest BCUT2D eigenvalue weighted by molar-refractivity contribution is 0.112. The molecule has 2 aromatic heterocycles. The molecule has 1 aliphatic rings. The van der Waals surface area contributed by atoms with Gasteiger partial charge in [-0.2, -0.15) is 5.10 Å². The Morgan fingerprint density at radius 2 is 2.04 bits per heavy atom. The molecular weight excluding hydrogens is 354 g/mol. The summed E-state index contributed by atoms with van der Waals surface area (Å²) in [6.45, 7) is 12.2. The van der Waals surface area contributed by atoms with Gasteiger partial charge < -0.3 is 4.90 Å². The van der Waals surface area contributed by atoms with E-state index in [2.05, 4.69) is 64.6 Å². The second-order valence-corrected chi connectivity index (χ2v) is 8.02. The third-order valence-corrected chi connectivity index (χ3v) is 4.85. The van der Waals surface area contributed by atoms with E-state index in [0.29, 0.717) is 6.04 Å². The molecule has 0 radical (unpaired) electrons. The monoisotopic (exact) mass is 377 g/mol. The maximum Gasteiger partial charge on any atom is 0.154 e. The van der Waals surface area contributed by atoms with Crippen molar-refractivity contribution in [1.29, 1.82) is 0 Å². The standard InChI is InChI=1S/C17H24BrN5/c1-13-12-21(17(2,3)4)8-9-22(13)16-15(10-14(18)11-19-16)23-7-5-6-20-23/h5-7,10-11,13H,8-9,12H2,1-4H3/t13-/m1/s1. The maximum atomic E-state index is 4.70. The summed E-state index contributed by atoms with van der Waals surface area (Å²) >= 11 is 3.53.